The van der Waals surface area contributed by atoms with Crippen LogP contribution in [-0.4, -0.2) is 31.8 Å². The Labute approximate surface area is 158 Å². The number of anilines is 1. The van der Waals surface area contributed by atoms with Crippen molar-refractivity contribution >= 4 is 33.4 Å². The van der Waals surface area contributed by atoms with E-state index in [2.05, 4.69) is 47.1 Å². The van der Waals surface area contributed by atoms with Crippen molar-refractivity contribution < 1.29 is 14.8 Å². The highest BCUT2D eigenvalue weighted by molar-refractivity contribution is 9.10. The van der Waals surface area contributed by atoms with Gasteiger partial charge in [-0.05, 0) is 56.9 Å². The van der Waals surface area contributed by atoms with Crippen LogP contribution in [0.15, 0.2) is 9.27 Å². The van der Waals surface area contributed by atoms with Crippen LogP contribution < -0.4 is 10.9 Å². The highest BCUT2D eigenvalue weighted by Gasteiger charge is 2.56. The molecule has 0 amide bonds. The number of halogens is 1. The number of rotatable bonds is 5. The molecule has 2 bridgehead atoms. The van der Waals surface area contributed by atoms with Gasteiger partial charge in [0.15, 0.2) is 12.2 Å². The maximum Gasteiger partial charge on any atom is 0.413 e. The molecule has 3 aliphatic carbocycles. The van der Waals surface area contributed by atoms with Crippen LogP contribution in [0.2, 0.25) is 0 Å². The number of nitrogens with one attached hydrogen (secondary N) is 1. The molecule has 26 heavy (non-hydrogen) atoms. The van der Waals surface area contributed by atoms with Gasteiger partial charge in [-0.1, -0.05) is 20.8 Å². The molecule has 142 valence electrons. The second-order valence-electron chi connectivity index (χ2n) is 7.83. The molecule has 3 fully saturated rings. The van der Waals surface area contributed by atoms with Crippen LogP contribution in [0.4, 0.5) is 11.5 Å². The molecule has 9 nitrogen and oxygen atoms in total. The van der Waals surface area contributed by atoms with E-state index in [0.29, 0.717) is 22.4 Å². The molecule has 3 aliphatic rings. The van der Waals surface area contributed by atoms with Gasteiger partial charge in [0, 0.05) is 6.04 Å². The van der Waals surface area contributed by atoms with Crippen molar-refractivity contribution in [3.8, 4) is 0 Å². The Morgan fingerprint density at radius 2 is 2.15 bits per heavy atom. The Hall–Kier alpha value is -1.97. The predicted octanol–water partition coefficient (Wildman–Crippen LogP) is 2.48. The summed E-state index contributed by atoms with van der Waals surface area (Å²) in [4.78, 5) is 33.9. The standard InChI is InChI=1S/C16H21BrN4O5/c1-7-9-4-8(16(9,2)3)5-10(7)18-13-12(17)15(24)20(6-11(22)23)19-14(13)21(25)26/h7-10,18H,4-6H2,1-3H3,(H,22,23)/t7-,8+,9-,10-/m1/s1. The van der Waals surface area contributed by atoms with E-state index in [4.69, 9.17) is 5.11 Å². The van der Waals surface area contributed by atoms with Gasteiger partial charge in [-0.3, -0.25) is 9.59 Å². The number of aromatic nitrogens is 2. The minimum atomic E-state index is -1.30. The molecule has 0 aromatic carbocycles. The van der Waals surface area contributed by atoms with Crippen LogP contribution in [0.3, 0.4) is 0 Å². The Kier molecular flexibility index (Phi) is 4.58. The smallest absolute Gasteiger partial charge is 0.413 e. The zero-order valence-corrected chi connectivity index (χ0v) is 16.3. The van der Waals surface area contributed by atoms with Crippen LogP contribution in [0.25, 0.3) is 0 Å². The molecular formula is C16H21BrN4O5. The summed E-state index contributed by atoms with van der Waals surface area (Å²) in [7, 11) is 0. The van der Waals surface area contributed by atoms with Crippen LogP contribution in [0, 0.1) is 33.3 Å². The lowest BCUT2D eigenvalue weighted by Gasteiger charge is -2.62. The highest BCUT2D eigenvalue weighted by Crippen LogP contribution is 2.61. The van der Waals surface area contributed by atoms with Gasteiger partial charge in [-0.15, -0.1) is 4.68 Å². The number of nitrogens with zero attached hydrogens (tertiary/aromatic N) is 3. The van der Waals surface area contributed by atoms with Gasteiger partial charge >= 0.3 is 17.3 Å². The quantitative estimate of drug-likeness (QED) is 0.544. The topological polar surface area (TPSA) is 127 Å². The normalized spacial score (nSPS) is 28.9. The van der Waals surface area contributed by atoms with Crippen molar-refractivity contribution in [3.05, 3.63) is 24.9 Å². The van der Waals surface area contributed by atoms with Gasteiger partial charge in [0.2, 0.25) is 0 Å². The Balaban J connectivity index is 1.95. The van der Waals surface area contributed by atoms with E-state index < -0.39 is 28.8 Å². The zero-order chi connectivity index (χ0) is 19.4. The molecule has 4 atom stereocenters. The molecule has 4 rings (SSSR count). The zero-order valence-electron chi connectivity index (χ0n) is 14.7. The molecule has 3 saturated carbocycles. The second-order valence-corrected chi connectivity index (χ2v) is 8.63. The van der Waals surface area contributed by atoms with Crippen molar-refractivity contribution in [1.82, 2.24) is 9.78 Å². The highest BCUT2D eigenvalue weighted by atomic mass is 79.9. The third-order valence-electron chi connectivity index (χ3n) is 6.22. The average molecular weight is 429 g/mol. The second kappa shape index (κ2) is 6.33. The first kappa shape index (κ1) is 18.8. The minimum absolute atomic E-state index is 0.00158. The number of carboxylic acid groups (broad SMARTS) is 1. The molecule has 1 aromatic rings. The SMILES string of the molecule is C[C@@H]1[C@H]2C[C@@H](C[C@H]1Nc1c([N+](=O)[O-])nn(CC(=O)O)c(=O)c1Br)C2(C)C. The van der Waals surface area contributed by atoms with Crippen LogP contribution >= 0.6 is 15.9 Å². The fourth-order valence-corrected chi connectivity index (χ4v) is 5.04. The Morgan fingerprint density at radius 1 is 1.50 bits per heavy atom. The maximum absolute atomic E-state index is 12.3. The van der Waals surface area contributed by atoms with Crippen molar-refractivity contribution in [2.75, 3.05) is 5.32 Å². The van der Waals surface area contributed by atoms with Gasteiger partial charge in [0.05, 0.1) is 5.10 Å². The number of carbonyl (C=O) groups is 1. The molecule has 0 radical (unpaired) electrons. The number of fused-ring (bicyclic) bond motifs is 2. The van der Waals surface area contributed by atoms with Gasteiger partial charge < -0.3 is 20.5 Å². The van der Waals surface area contributed by atoms with Crippen molar-refractivity contribution in [2.45, 2.75) is 46.2 Å². The summed E-state index contributed by atoms with van der Waals surface area (Å²) in [5, 5.41) is 27.1. The first-order valence-electron chi connectivity index (χ1n) is 8.47. The molecule has 0 spiro atoms. The first-order chi connectivity index (χ1) is 12.0. The Morgan fingerprint density at radius 3 is 2.65 bits per heavy atom. The minimum Gasteiger partial charge on any atom is -0.480 e. The van der Waals surface area contributed by atoms with E-state index >= 15 is 0 Å². The van der Waals surface area contributed by atoms with Crippen molar-refractivity contribution in [3.63, 3.8) is 0 Å². The molecular weight excluding hydrogens is 408 g/mol. The lowest BCUT2D eigenvalue weighted by molar-refractivity contribution is -0.389. The van der Waals surface area contributed by atoms with Gasteiger partial charge in [0.25, 0.3) is 0 Å². The Bertz CT molecular complexity index is 837. The van der Waals surface area contributed by atoms with E-state index in [-0.39, 0.29) is 21.6 Å². The molecule has 0 unspecified atom stereocenters. The van der Waals surface area contributed by atoms with E-state index in [0.717, 1.165) is 12.8 Å². The molecule has 1 heterocycles. The number of hydrogen-bond acceptors (Lipinski definition) is 6. The molecule has 10 heteroatoms. The van der Waals surface area contributed by atoms with Crippen LogP contribution in [0.1, 0.15) is 33.6 Å². The number of aliphatic carboxylic acids is 1. The summed E-state index contributed by atoms with van der Waals surface area (Å²) in [6.45, 7) is 5.89. The summed E-state index contributed by atoms with van der Waals surface area (Å²) in [5.74, 6) is -0.493. The maximum atomic E-state index is 12.3. The summed E-state index contributed by atoms with van der Waals surface area (Å²) in [5.41, 5.74) is -0.420. The lowest BCUT2D eigenvalue weighted by atomic mass is 9.45. The summed E-state index contributed by atoms with van der Waals surface area (Å²) in [6, 6.07) is -0.00158. The fraction of sp³-hybridized carbons (Fsp3) is 0.688. The summed E-state index contributed by atoms with van der Waals surface area (Å²) >= 11 is 3.10. The van der Waals surface area contributed by atoms with Crippen molar-refractivity contribution in [1.29, 1.82) is 0 Å². The largest absolute Gasteiger partial charge is 0.480 e. The molecule has 1 aromatic heterocycles. The number of hydrogen-bond donors (Lipinski definition) is 2. The lowest BCUT2D eigenvalue weighted by Crippen LogP contribution is -2.58. The average Bonchev–Trinajstić information content (AvgIpc) is 2.54. The van der Waals surface area contributed by atoms with Gasteiger partial charge in [-0.25, -0.2) is 0 Å². The molecule has 2 N–H and O–H groups in total. The monoisotopic (exact) mass is 428 g/mol. The molecule has 0 saturated heterocycles. The first-order valence-corrected chi connectivity index (χ1v) is 9.26. The summed E-state index contributed by atoms with van der Waals surface area (Å²) < 4.78 is 0.520. The number of nitro groups is 1. The third kappa shape index (κ3) is 2.89. The van der Waals surface area contributed by atoms with Gasteiger partial charge in [0.1, 0.15) is 4.47 Å². The third-order valence-corrected chi connectivity index (χ3v) is 6.96. The summed E-state index contributed by atoms with van der Waals surface area (Å²) in [6.07, 6.45) is 2.03. The van der Waals surface area contributed by atoms with Crippen molar-refractivity contribution in [2.24, 2.45) is 23.2 Å². The van der Waals surface area contributed by atoms with E-state index in [1.807, 2.05) is 0 Å². The van der Waals surface area contributed by atoms with E-state index in [9.17, 15) is 19.7 Å². The van der Waals surface area contributed by atoms with Crippen LogP contribution in [-0.2, 0) is 11.3 Å². The van der Waals surface area contributed by atoms with Crippen LogP contribution in [0.5, 0.6) is 0 Å². The fourth-order valence-electron chi connectivity index (χ4n) is 4.54. The molecule has 0 aliphatic heterocycles. The predicted molar refractivity (Wildman–Crippen MR) is 97.1 cm³/mol. The van der Waals surface area contributed by atoms with E-state index in [1.54, 1.807) is 0 Å². The van der Waals surface area contributed by atoms with E-state index in [1.165, 1.54) is 0 Å². The van der Waals surface area contributed by atoms with Gasteiger partial charge in [-0.2, -0.15) is 0 Å². The number of carboxylic acids is 1.